The Hall–Kier alpha value is -1.54. The first-order valence-electron chi connectivity index (χ1n) is 6.32. The lowest BCUT2D eigenvalue weighted by Crippen LogP contribution is -2.18. The number of carbonyl (C=O) groups is 1. The van der Waals surface area contributed by atoms with Crippen LogP contribution in [-0.4, -0.2) is 21.0 Å². The molecule has 118 valence electrons. The molecule has 1 rings (SSSR count). The average Bonchev–Trinajstić information content (AvgIpc) is 2.32. The van der Waals surface area contributed by atoms with Crippen molar-refractivity contribution in [3.05, 3.63) is 29.3 Å². The highest BCUT2D eigenvalue weighted by atomic mass is 32.2. The second-order valence-corrected chi connectivity index (χ2v) is 6.48. The molecule has 5 nitrogen and oxygen atoms in total. The number of hydrogen-bond donors (Lipinski definition) is 1. The van der Waals surface area contributed by atoms with Gasteiger partial charge in [0.15, 0.2) is 5.82 Å². The maximum Gasteiger partial charge on any atom is 0.344 e. The fourth-order valence-electron chi connectivity index (χ4n) is 1.67. The zero-order valence-corrected chi connectivity index (χ0v) is 12.5. The van der Waals surface area contributed by atoms with Gasteiger partial charge in [-0.1, -0.05) is 13.8 Å². The highest BCUT2D eigenvalue weighted by molar-refractivity contribution is 7.89. The SMILES string of the molecule is CC(C)CCCOC(=O)c1c(F)ccc(S(N)(=O)=O)c1F. The number of primary sulfonamides is 1. The molecule has 0 aromatic heterocycles. The number of esters is 1. The number of halogens is 2. The second-order valence-electron chi connectivity index (χ2n) is 4.95. The number of nitrogens with two attached hydrogens (primary N) is 1. The second kappa shape index (κ2) is 6.95. The van der Waals surface area contributed by atoms with Crippen LogP contribution in [0.1, 0.15) is 37.0 Å². The predicted molar refractivity (Wildman–Crippen MR) is 72.1 cm³/mol. The van der Waals surface area contributed by atoms with Crippen LogP contribution in [0.3, 0.4) is 0 Å². The number of benzene rings is 1. The quantitative estimate of drug-likeness (QED) is 0.643. The number of ether oxygens (including phenoxy) is 1. The Morgan fingerprint density at radius 1 is 1.33 bits per heavy atom. The maximum atomic E-state index is 13.9. The van der Waals surface area contributed by atoms with E-state index in [1.807, 2.05) is 13.8 Å². The molecule has 0 aliphatic heterocycles. The van der Waals surface area contributed by atoms with E-state index in [1.54, 1.807) is 0 Å². The highest BCUT2D eigenvalue weighted by Crippen LogP contribution is 2.21. The van der Waals surface area contributed by atoms with Crippen LogP contribution >= 0.6 is 0 Å². The highest BCUT2D eigenvalue weighted by Gasteiger charge is 2.26. The third-order valence-electron chi connectivity index (χ3n) is 2.73. The van der Waals surface area contributed by atoms with Gasteiger partial charge in [0.25, 0.3) is 0 Å². The summed E-state index contributed by atoms with van der Waals surface area (Å²) in [6.07, 6.45) is 1.33. The number of carbonyl (C=O) groups excluding carboxylic acids is 1. The van der Waals surface area contributed by atoms with Gasteiger partial charge in [0.1, 0.15) is 16.3 Å². The Balaban J connectivity index is 2.94. The fraction of sp³-hybridized carbons (Fsp3) is 0.462. The summed E-state index contributed by atoms with van der Waals surface area (Å²) < 4.78 is 54.5. The zero-order valence-electron chi connectivity index (χ0n) is 11.7. The predicted octanol–water partition coefficient (Wildman–Crippen LogP) is 2.21. The minimum Gasteiger partial charge on any atom is -0.462 e. The molecule has 0 aliphatic carbocycles. The lowest BCUT2D eigenvalue weighted by Gasteiger charge is -2.09. The van der Waals surface area contributed by atoms with E-state index in [0.717, 1.165) is 6.42 Å². The third-order valence-corrected chi connectivity index (χ3v) is 3.65. The molecule has 0 heterocycles. The van der Waals surface area contributed by atoms with E-state index >= 15 is 0 Å². The Morgan fingerprint density at radius 3 is 2.48 bits per heavy atom. The van der Waals surface area contributed by atoms with Crippen LogP contribution in [-0.2, 0) is 14.8 Å². The van der Waals surface area contributed by atoms with Gasteiger partial charge >= 0.3 is 5.97 Å². The average molecular weight is 321 g/mol. The minimum atomic E-state index is -4.39. The molecule has 0 fully saturated rings. The molecular formula is C13H17F2NO4S. The maximum absolute atomic E-state index is 13.9. The van der Waals surface area contributed by atoms with Crippen LogP contribution in [0.2, 0.25) is 0 Å². The van der Waals surface area contributed by atoms with E-state index < -0.39 is 38.1 Å². The van der Waals surface area contributed by atoms with E-state index in [-0.39, 0.29) is 6.61 Å². The Kier molecular flexibility index (Phi) is 5.79. The molecule has 0 unspecified atom stereocenters. The first-order valence-corrected chi connectivity index (χ1v) is 7.87. The lowest BCUT2D eigenvalue weighted by molar-refractivity contribution is 0.0483. The van der Waals surface area contributed by atoms with Gasteiger partial charge < -0.3 is 4.74 Å². The van der Waals surface area contributed by atoms with Crippen molar-refractivity contribution in [1.29, 1.82) is 0 Å². The van der Waals surface area contributed by atoms with Gasteiger partial charge in [-0.15, -0.1) is 0 Å². The van der Waals surface area contributed by atoms with E-state index in [2.05, 4.69) is 0 Å². The zero-order chi connectivity index (χ0) is 16.2. The molecule has 0 aliphatic rings. The lowest BCUT2D eigenvalue weighted by atomic mass is 10.1. The van der Waals surface area contributed by atoms with Crippen LogP contribution in [0, 0.1) is 17.6 Å². The van der Waals surface area contributed by atoms with Gasteiger partial charge in [-0.2, -0.15) is 0 Å². The van der Waals surface area contributed by atoms with Gasteiger partial charge in [-0.25, -0.2) is 27.1 Å². The summed E-state index contributed by atoms with van der Waals surface area (Å²) in [7, 11) is -4.39. The van der Waals surface area contributed by atoms with Crippen molar-refractivity contribution in [2.45, 2.75) is 31.6 Å². The molecule has 0 bridgehead atoms. The number of rotatable bonds is 6. The molecule has 0 spiro atoms. The first kappa shape index (κ1) is 17.5. The summed E-state index contributed by atoms with van der Waals surface area (Å²) in [4.78, 5) is 10.7. The molecule has 2 N–H and O–H groups in total. The van der Waals surface area contributed by atoms with Gasteiger partial charge in [-0.3, -0.25) is 0 Å². The number of sulfonamides is 1. The van der Waals surface area contributed by atoms with E-state index in [4.69, 9.17) is 9.88 Å². The van der Waals surface area contributed by atoms with Crippen LogP contribution in [0.25, 0.3) is 0 Å². The standard InChI is InChI=1S/C13H17F2NO4S/c1-8(2)4-3-7-20-13(17)11-9(14)5-6-10(12(11)15)21(16,18)19/h5-6,8H,3-4,7H2,1-2H3,(H2,16,18,19). The van der Waals surface area contributed by atoms with E-state index in [0.29, 0.717) is 24.5 Å². The number of hydrogen-bond acceptors (Lipinski definition) is 4. The minimum absolute atomic E-state index is 0.00447. The molecule has 0 amide bonds. The fourth-order valence-corrected chi connectivity index (χ4v) is 2.28. The van der Waals surface area contributed by atoms with Crippen LogP contribution in [0.15, 0.2) is 17.0 Å². The van der Waals surface area contributed by atoms with Crippen molar-refractivity contribution in [1.82, 2.24) is 0 Å². The van der Waals surface area contributed by atoms with Crippen LogP contribution in [0.4, 0.5) is 8.78 Å². The Bertz CT molecular complexity index is 629. The van der Waals surface area contributed by atoms with Crippen LogP contribution < -0.4 is 5.14 Å². The van der Waals surface area contributed by atoms with Crippen molar-refractivity contribution in [2.75, 3.05) is 6.61 Å². The molecule has 0 radical (unpaired) electrons. The first-order chi connectivity index (χ1) is 9.64. The molecular weight excluding hydrogens is 304 g/mol. The van der Waals surface area contributed by atoms with Crippen LogP contribution in [0.5, 0.6) is 0 Å². The summed E-state index contributed by atoms with van der Waals surface area (Å²) in [5.74, 6) is -3.58. The monoisotopic (exact) mass is 321 g/mol. The third kappa shape index (κ3) is 4.75. The largest absolute Gasteiger partial charge is 0.462 e. The van der Waals surface area contributed by atoms with Gasteiger partial charge in [0.2, 0.25) is 10.0 Å². The summed E-state index contributed by atoms with van der Waals surface area (Å²) in [6.45, 7) is 3.96. The molecule has 21 heavy (non-hydrogen) atoms. The summed E-state index contributed by atoms with van der Waals surface area (Å²) in [6, 6.07) is 1.32. The van der Waals surface area contributed by atoms with Crippen molar-refractivity contribution < 1.29 is 26.7 Å². The molecule has 0 saturated carbocycles. The Morgan fingerprint density at radius 2 is 1.95 bits per heavy atom. The van der Waals surface area contributed by atoms with E-state index in [1.165, 1.54) is 0 Å². The Labute approximate surface area is 122 Å². The van der Waals surface area contributed by atoms with Crippen molar-refractivity contribution >= 4 is 16.0 Å². The van der Waals surface area contributed by atoms with Crippen molar-refractivity contribution in [3.63, 3.8) is 0 Å². The van der Waals surface area contributed by atoms with Crippen molar-refractivity contribution in [2.24, 2.45) is 11.1 Å². The summed E-state index contributed by atoms with van der Waals surface area (Å²) in [5.41, 5.74) is -1.05. The van der Waals surface area contributed by atoms with Crippen molar-refractivity contribution in [3.8, 4) is 0 Å². The molecule has 0 atom stereocenters. The van der Waals surface area contributed by atoms with Gasteiger partial charge in [0.05, 0.1) is 6.61 Å². The normalized spacial score (nSPS) is 11.7. The molecule has 0 saturated heterocycles. The smallest absolute Gasteiger partial charge is 0.344 e. The van der Waals surface area contributed by atoms with E-state index in [9.17, 15) is 22.0 Å². The molecule has 1 aromatic carbocycles. The molecule has 8 heteroatoms. The van der Waals surface area contributed by atoms with Gasteiger partial charge in [-0.05, 0) is 30.9 Å². The molecule has 1 aromatic rings. The topological polar surface area (TPSA) is 86.5 Å². The summed E-state index contributed by atoms with van der Waals surface area (Å²) >= 11 is 0. The van der Waals surface area contributed by atoms with Gasteiger partial charge in [0, 0.05) is 0 Å². The summed E-state index contributed by atoms with van der Waals surface area (Å²) in [5, 5.41) is 4.79.